The number of carbonyl (C=O) groups is 2. The second-order valence-corrected chi connectivity index (χ2v) is 6.28. The van der Waals surface area contributed by atoms with Crippen LogP contribution in [0, 0.1) is 0 Å². The molecule has 6 nitrogen and oxygen atoms in total. The molecule has 0 radical (unpaired) electrons. The highest BCUT2D eigenvalue weighted by Gasteiger charge is 2.24. The Kier molecular flexibility index (Phi) is 4.10. The molecule has 3 aromatic rings. The van der Waals surface area contributed by atoms with E-state index in [1.807, 2.05) is 30.3 Å². The lowest BCUT2D eigenvalue weighted by Crippen LogP contribution is -2.36. The summed E-state index contributed by atoms with van der Waals surface area (Å²) in [5, 5.41) is 9.74. The number of aromatic nitrogens is 1. The van der Waals surface area contributed by atoms with Gasteiger partial charge in [-0.15, -0.1) is 0 Å². The fourth-order valence-electron chi connectivity index (χ4n) is 3.38. The van der Waals surface area contributed by atoms with Gasteiger partial charge in [0.2, 0.25) is 0 Å². The first-order chi connectivity index (χ1) is 12.7. The number of para-hydroxylation sites is 1. The molecule has 0 aliphatic carbocycles. The van der Waals surface area contributed by atoms with Crippen LogP contribution in [-0.4, -0.2) is 33.5 Å². The van der Waals surface area contributed by atoms with Crippen molar-refractivity contribution in [3.05, 3.63) is 77.0 Å². The highest BCUT2D eigenvalue weighted by atomic mass is 16.5. The number of nitrogens with zero attached hydrogens (tertiary/aromatic N) is 2. The van der Waals surface area contributed by atoms with E-state index in [1.54, 1.807) is 34.8 Å². The highest BCUT2D eigenvalue weighted by Crippen LogP contribution is 2.24. The van der Waals surface area contributed by atoms with Crippen molar-refractivity contribution in [3.8, 4) is 0 Å². The first-order valence-corrected chi connectivity index (χ1v) is 8.36. The maximum atomic E-state index is 13.1. The van der Waals surface area contributed by atoms with Gasteiger partial charge in [0.1, 0.15) is 0 Å². The zero-order valence-corrected chi connectivity index (χ0v) is 14.0. The number of fused-ring (bicyclic) bond motifs is 2. The summed E-state index contributed by atoms with van der Waals surface area (Å²) in [6.07, 6.45) is 2.41. The average molecular weight is 347 g/mol. The van der Waals surface area contributed by atoms with Gasteiger partial charge >= 0.3 is 0 Å². The van der Waals surface area contributed by atoms with E-state index in [1.165, 1.54) is 0 Å². The molecule has 0 atom stereocenters. The van der Waals surface area contributed by atoms with Crippen LogP contribution in [0.15, 0.2) is 54.7 Å². The summed E-state index contributed by atoms with van der Waals surface area (Å²) in [6.45, 7) is 1.03. The van der Waals surface area contributed by atoms with Crippen LogP contribution in [0.1, 0.15) is 31.8 Å². The van der Waals surface area contributed by atoms with E-state index in [0.29, 0.717) is 29.7 Å². The Morgan fingerprint density at radius 1 is 1.08 bits per heavy atom. The maximum absolute atomic E-state index is 13.1. The molecule has 0 spiro atoms. The van der Waals surface area contributed by atoms with Gasteiger partial charge in [0.25, 0.3) is 11.8 Å². The summed E-state index contributed by atoms with van der Waals surface area (Å²) >= 11 is 0. The number of amides is 2. The minimum atomic E-state index is -0.561. The van der Waals surface area contributed by atoms with Crippen LogP contribution in [0.2, 0.25) is 0 Å². The smallest absolute Gasteiger partial charge is 0.274 e. The van der Waals surface area contributed by atoms with Gasteiger partial charge in [-0.05, 0) is 41.8 Å². The normalized spacial score (nSPS) is 13.3. The van der Waals surface area contributed by atoms with Gasteiger partial charge in [0.05, 0.1) is 11.1 Å². The number of hydrogen-bond acceptors (Lipinski definition) is 4. The highest BCUT2D eigenvalue weighted by molar-refractivity contribution is 6.05. The second-order valence-electron chi connectivity index (χ2n) is 6.28. The minimum Gasteiger partial charge on any atom is -0.334 e. The summed E-state index contributed by atoms with van der Waals surface area (Å²) in [5.74, 6) is -0.633. The van der Waals surface area contributed by atoms with E-state index in [4.69, 9.17) is 5.21 Å². The molecule has 2 N–H and O–H groups in total. The van der Waals surface area contributed by atoms with Gasteiger partial charge in [-0.3, -0.25) is 19.8 Å². The van der Waals surface area contributed by atoms with Crippen LogP contribution in [0.3, 0.4) is 0 Å². The van der Waals surface area contributed by atoms with Crippen molar-refractivity contribution < 1.29 is 14.8 Å². The van der Waals surface area contributed by atoms with E-state index in [9.17, 15) is 9.59 Å². The molecule has 0 fully saturated rings. The first kappa shape index (κ1) is 16.2. The molecule has 2 amide bonds. The summed E-state index contributed by atoms with van der Waals surface area (Å²) in [5.41, 5.74) is 5.31. The molecule has 0 saturated heterocycles. The quantitative estimate of drug-likeness (QED) is 0.551. The predicted molar refractivity (Wildman–Crippen MR) is 95.9 cm³/mol. The monoisotopic (exact) mass is 347 g/mol. The van der Waals surface area contributed by atoms with Gasteiger partial charge in [-0.2, -0.15) is 0 Å². The SMILES string of the molecule is O=C(NO)c1ccc2c(c1)CN(C(=O)c1cccc3cccnc13)CC2. The number of hydroxylamine groups is 1. The third-order valence-corrected chi connectivity index (χ3v) is 4.73. The first-order valence-electron chi connectivity index (χ1n) is 8.36. The third kappa shape index (κ3) is 2.80. The zero-order valence-electron chi connectivity index (χ0n) is 14.0. The Labute approximate surface area is 150 Å². The van der Waals surface area contributed by atoms with Crippen molar-refractivity contribution >= 4 is 22.7 Å². The maximum Gasteiger partial charge on any atom is 0.274 e. The van der Waals surface area contributed by atoms with Crippen molar-refractivity contribution in [3.63, 3.8) is 0 Å². The van der Waals surface area contributed by atoms with E-state index in [-0.39, 0.29) is 5.91 Å². The topological polar surface area (TPSA) is 82.5 Å². The Hall–Kier alpha value is -3.25. The molecule has 26 heavy (non-hydrogen) atoms. The molecule has 4 rings (SSSR count). The number of hydrogen-bond donors (Lipinski definition) is 2. The summed E-state index contributed by atoms with van der Waals surface area (Å²) in [4.78, 5) is 30.8. The predicted octanol–water partition coefficient (Wildman–Crippen LogP) is 2.55. The molecule has 2 aromatic carbocycles. The molecule has 2 heterocycles. The Morgan fingerprint density at radius 2 is 1.92 bits per heavy atom. The fourth-order valence-corrected chi connectivity index (χ4v) is 3.38. The average Bonchev–Trinajstić information content (AvgIpc) is 2.71. The molecular weight excluding hydrogens is 330 g/mol. The van der Waals surface area contributed by atoms with E-state index >= 15 is 0 Å². The van der Waals surface area contributed by atoms with Crippen LogP contribution in [0.5, 0.6) is 0 Å². The van der Waals surface area contributed by atoms with Gasteiger partial charge in [-0.25, -0.2) is 5.48 Å². The largest absolute Gasteiger partial charge is 0.334 e. The van der Waals surface area contributed by atoms with Crippen LogP contribution in [0.25, 0.3) is 10.9 Å². The minimum absolute atomic E-state index is 0.0723. The molecule has 0 unspecified atom stereocenters. The van der Waals surface area contributed by atoms with Crippen LogP contribution in [0.4, 0.5) is 0 Å². The Bertz CT molecular complexity index is 1010. The lowest BCUT2D eigenvalue weighted by atomic mass is 9.96. The molecule has 1 aromatic heterocycles. The molecule has 0 saturated carbocycles. The van der Waals surface area contributed by atoms with E-state index in [0.717, 1.165) is 22.9 Å². The fraction of sp³-hybridized carbons (Fsp3) is 0.150. The number of carbonyl (C=O) groups excluding carboxylic acids is 2. The van der Waals surface area contributed by atoms with Crippen molar-refractivity contribution in [2.45, 2.75) is 13.0 Å². The molecule has 130 valence electrons. The molecule has 1 aliphatic heterocycles. The number of benzene rings is 2. The van der Waals surface area contributed by atoms with Crippen LogP contribution < -0.4 is 5.48 Å². The van der Waals surface area contributed by atoms with E-state index in [2.05, 4.69) is 4.98 Å². The molecule has 6 heteroatoms. The zero-order chi connectivity index (χ0) is 18.1. The lowest BCUT2D eigenvalue weighted by Gasteiger charge is -2.29. The summed E-state index contributed by atoms with van der Waals surface area (Å²) in [7, 11) is 0. The standard InChI is InChI=1S/C20H17N3O3/c24-19(22-26)15-7-6-13-8-10-23(12-16(13)11-15)20(25)17-5-1-3-14-4-2-9-21-18(14)17/h1-7,9,11,26H,8,10,12H2,(H,22,24). The van der Waals surface area contributed by atoms with Crippen molar-refractivity contribution in [1.82, 2.24) is 15.4 Å². The van der Waals surface area contributed by atoms with Crippen molar-refractivity contribution in [2.24, 2.45) is 0 Å². The van der Waals surface area contributed by atoms with Crippen molar-refractivity contribution in [1.29, 1.82) is 0 Å². The number of rotatable bonds is 2. The molecule has 0 bridgehead atoms. The van der Waals surface area contributed by atoms with Gasteiger partial charge in [-0.1, -0.05) is 24.3 Å². The second kappa shape index (κ2) is 6.57. The van der Waals surface area contributed by atoms with Crippen molar-refractivity contribution in [2.75, 3.05) is 6.54 Å². The van der Waals surface area contributed by atoms with Crippen LogP contribution >= 0.6 is 0 Å². The van der Waals surface area contributed by atoms with E-state index < -0.39 is 5.91 Å². The Morgan fingerprint density at radius 3 is 2.77 bits per heavy atom. The number of nitrogens with one attached hydrogen (secondary N) is 1. The van der Waals surface area contributed by atoms with Gasteiger partial charge in [0.15, 0.2) is 0 Å². The lowest BCUT2D eigenvalue weighted by molar-refractivity contribution is 0.0706. The van der Waals surface area contributed by atoms with Gasteiger partial charge in [0, 0.05) is 30.2 Å². The Balaban J connectivity index is 1.65. The van der Waals surface area contributed by atoms with Gasteiger partial charge < -0.3 is 4.90 Å². The summed E-state index contributed by atoms with van der Waals surface area (Å²) < 4.78 is 0. The third-order valence-electron chi connectivity index (χ3n) is 4.73. The summed E-state index contributed by atoms with van der Waals surface area (Å²) in [6, 6.07) is 14.7. The molecular formula is C20H17N3O3. The van der Waals surface area contributed by atoms with Crippen LogP contribution in [-0.2, 0) is 13.0 Å². The number of pyridine rings is 1. The molecule has 1 aliphatic rings.